The predicted octanol–water partition coefficient (Wildman–Crippen LogP) is 4.81. The number of carbonyl (C=O) groups is 4. The minimum absolute atomic E-state index is 0.301. The monoisotopic (exact) mass is 458 g/mol. The van der Waals surface area contributed by atoms with Crippen LogP contribution in [0.25, 0.3) is 0 Å². The third kappa shape index (κ3) is 3.28. The third-order valence-corrected chi connectivity index (χ3v) is 5.14. The molecule has 3 rings (SSSR count). The number of esters is 2. The van der Waals surface area contributed by atoms with Crippen LogP contribution < -0.4 is 0 Å². The van der Waals surface area contributed by atoms with E-state index in [2.05, 4.69) is 4.74 Å². The van der Waals surface area contributed by atoms with Gasteiger partial charge in [0, 0.05) is 11.1 Å². The van der Waals surface area contributed by atoms with Crippen molar-refractivity contribution in [3.63, 3.8) is 0 Å². The Morgan fingerprint density at radius 2 is 1.16 bits per heavy atom. The van der Waals surface area contributed by atoms with E-state index in [9.17, 15) is 45.5 Å². The highest BCUT2D eigenvalue weighted by atomic mass is 19.4. The number of fused-ring (bicyclic) bond motifs is 1. The van der Waals surface area contributed by atoms with Gasteiger partial charge < -0.3 is 4.74 Å². The quantitative estimate of drug-likeness (QED) is 0.284. The maximum atomic E-state index is 14.3. The van der Waals surface area contributed by atoms with Crippen LogP contribution in [0.3, 0.4) is 0 Å². The van der Waals surface area contributed by atoms with Gasteiger partial charge in [0.05, 0.1) is 11.1 Å². The molecule has 0 spiro atoms. The van der Waals surface area contributed by atoms with Crippen LogP contribution in [0.15, 0.2) is 36.4 Å². The number of benzene rings is 2. The largest absolute Gasteiger partial charge is 0.411 e. The lowest BCUT2D eigenvalue weighted by molar-refractivity contribution is -0.288. The Kier molecular flexibility index (Phi) is 5.27. The second-order valence-electron chi connectivity index (χ2n) is 7.06. The summed E-state index contributed by atoms with van der Waals surface area (Å²) in [7, 11) is 0. The number of carbonyl (C=O) groups excluding carboxylic acids is 4. The van der Waals surface area contributed by atoms with Crippen LogP contribution in [-0.4, -0.2) is 35.9 Å². The molecular weight excluding hydrogens is 446 g/mol. The van der Waals surface area contributed by atoms with E-state index in [0.29, 0.717) is 36.4 Å². The van der Waals surface area contributed by atoms with Gasteiger partial charge in [0.25, 0.3) is 0 Å². The van der Waals surface area contributed by atoms with Crippen molar-refractivity contribution in [2.24, 2.45) is 0 Å². The Labute approximate surface area is 176 Å². The molecule has 0 amide bonds. The molecule has 0 fully saturated rings. The Hall–Kier alpha value is -3.50. The van der Waals surface area contributed by atoms with E-state index >= 15 is 0 Å². The summed E-state index contributed by atoms with van der Waals surface area (Å²) in [6, 6.07) is 2.91. The van der Waals surface area contributed by atoms with Crippen molar-refractivity contribution in [3.8, 4) is 0 Å². The molecule has 0 N–H and O–H groups in total. The summed E-state index contributed by atoms with van der Waals surface area (Å²) in [5, 5.41) is 0. The van der Waals surface area contributed by atoms with Gasteiger partial charge in [-0.15, -0.1) is 0 Å². The number of cyclic esters (lactones) is 2. The highest BCUT2D eigenvalue weighted by Crippen LogP contribution is 2.56. The van der Waals surface area contributed by atoms with Gasteiger partial charge in [-0.05, 0) is 43.2 Å². The van der Waals surface area contributed by atoms with Crippen LogP contribution in [0, 0.1) is 0 Å². The van der Waals surface area contributed by atoms with Crippen molar-refractivity contribution >= 4 is 23.5 Å². The third-order valence-electron chi connectivity index (χ3n) is 5.14. The fourth-order valence-corrected chi connectivity index (χ4v) is 3.68. The van der Waals surface area contributed by atoms with Crippen molar-refractivity contribution in [3.05, 3.63) is 69.8 Å². The number of hydrogen-bond donors (Lipinski definition) is 0. The zero-order valence-electron chi connectivity index (χ0n) is 16.3. The van der Waals surface area contributed by atoms with Gasteiger partial charge in [-0.3, -0.25) is 9.59 Å². The Morgan fingerprint density at radius 3 is 1.66 bits per heavy atom. The first-order chi connectivity index (χ1) is 14.6. The Morgan fingerprint density at radius 1 is 0.688 bits per heavy atom. The van der Waals surface area contributed by atoms with Gasteiger partial charge in [0.15, 0.2) is 11.6 Å². The molecule has 11 heteroatoms. The minimum Gasteiger partial charge on any atom is -0.386 e. The molecule has 1 aliphatic rings. The smallest absolute Gasteiger partial charge is 0.386 e. The highest BCUT2D eigenvalue weighted by molar-refractivity contribution is 6.14. The van der Waals surface area contributed by atoms with Crippen molar-refractivity contribution in [2.45, 2.75) is 31.6 Å². The maximum absolute atomic E-state index is 14.3. The van der Waals surface area contributed by atoms with Gasteiger partial charge in [0.1, 0.15) is 0 Å². The molecule has 0 aromatic heterocycles. The summed E-state index contributed by atoms with van der Waals surface area (Å²) in [5.41, 5.74) is -9.67. The number of ether oxygens (including phenoxy) is 1. The van der Waals surface area contributed by atoms with Crippen LogP contribution in [0.4, 0.5) is 26.3 Å². The number of ketones is 2. The Bertz CT molecular complexity index is 1160. The average molecular weight is 458 g/mol. The van der Waals surface area contributed by atoms with Crippen molar-refractivity contribution in [1.29, 1.82) is 0 Å². The minimum atomic E-state index is -6.00. The van der Waals surface area contributed by atoms with Crippen molar-refractivity contribution in [1.82, 2.24) is 0 Å². The summed E-state index contributed by atoms with van der Waals surface area (Å²) >= 11 is 0. The van der Waals surface area contributed by atoms with E-state index in [0.717, 1.165) is 13.8 Å². The Balaban J connectivity index is 2.45. The summed E-state index contributed by atoms with van der Waals surface area (Å²) in [5.74, 6) is -4.24. The summed E-state index contributed by atoms with van der Waals surface area (Å²) < 4.78 is 90.1. The molecule has 1 heterocycles. The van der Waals surface area contributed by atoms with E-state index in [1.165, 1.54) is 0 Å². The second kappa shape index (κ2) is 7.28. The molecular formula is C21H12F6O5. The van der Waals surface area contributed by atoms with Crippen molar-refractivity contribution < 1.29 is 50.3 Å². The van der Waals surface area contributed by atoms with Gasteiger partial charge in [0.2, 0.25) is 5.41 Å². The molecule has 0 bridgehead atoms. The number of hydrogen-bond acceptors (Lipinski definition) is 5. The molecule has 32 heavy (non-hydrogen) atoms. The molecule has 168 valence electrons. The first-order valence-electron chi connectivity index (χ1n) is 8.83. The normalized spacial score (nSPS) is 14.2. The average Bonchev–Trinajstić information content (AvgIpc) is 2.93. The number of alkyl halides is 6. The van der Waals surface area contributed by atoms with Gasteiger partial charge in [-0.2, -0.15) is 26.3 Å². The molecule has 0 saturated carbocycles. The first-order valence-corrected chi connectivity index (χ1v) is 8.83. The van der Waals surface area contributed by atoms with Crippen LogP contribution in [0.5, 0.6) is 0 Å². The van der Waals surface area contributed by atoms with Crippen LogP contribution in [0.1, 0.15) is 66.4 Å². The lowest BCUT2D eigenvalue weighted by Crippen LogP contribution is -2.55. The lowest BCUT2D eigenvalue weighted by atomic mass is 9.71. The molecule has 0 atom stereocenters. The van der Waals surface area contributed by atoms with Gasteiger partial charge in [-0.1, -0.05) is 18.2 Å². The number of Topliss-reactive ketones (excluding diaryl/α,β-unsaturated/α-hetero) is 2. The van der Waals surface area contributed by atoms with Crippen LogP contribution >= 0.6 is 0 Å². The molecule has 2 aromatic carbocycles. The molecule has 0 radical (unpaired) electrons. The summed E-state index contributed by atoms with van der Waals surface area (Å²) in [6.07, 6.45) is -12.0. The molecule has 0 saturated heterocycles. The molecule has 1 aliphatic heterocycles. The molecule has 2 aromatic rings. The fraction of sp³-hybridized carbons (Fsp3) is 0.238. The first kappa shape index (κ1) is 23.2. The molecule has 5 nitrogen and oxygen atoms in total. The molecule has 0 aliphatic carbocycles. The van der Waals surface area contributed by atoms with Crippen molar-refractivity contribution in [2.75, 3.05) is 0 Å². The van der Waals surface area contributed by atoms with E-state index in [1.807, 2.05) is 0 Å². The second-order valence-corrected chi connectivity index (χ2v) is 7.06. The number of rotatable bonds is 4. The van der Waals surface area contributed by atoms with Gasteiger partial charge >= 0.3 is 24.3 Å². The van der Waals surface area contributed by atoms with E-state index in [1.54, 1.807) is 0 Å². The SMILES string of the molecule is CC(=O)c1ccc(C(c2ccc3c(c2)C(=O)OC3=O)(C(F)(F)F)C(F)(F)F)cc1C(C)=O. The standard InChI is InChI=1S/C21H12F6O5/c1-9(28)13-5-3-11(7-15(13)10(2)29)19(20(22,23)24,21(25,26)27)12-4-6-14-16(8-12)18(31)32-17(14)30/h3-8H,1-2H3. The lowest BCUT2D eigenvalue weighted by Gasteiger charge is -2.38. The summed E-state index contributed by atoms with van der Waals surface area (Å²) in [4.78, 5) is 46.9. The zero-order chi connectivity index (χ0) is 24.2. The van der Waals surface area contributed by atoms with Crippen LogP contribution in [0.2, 0.25) is 0 Å². The molecule has 0 unspecified atom stereocenters. The predicted molar refractivity (Wildman–Crippen MR) is 95.5 cm³/mol. The van der Waals surface area contributed by atoms with E-state index < -0.39 is 69.1 Å². The van der Waals surface area contributed by atoms with E-state index in [4.69, 9.17) is 0 Å². The summed E-state index contributed by atoms with van der Waals surface area (Å²) in [6.45, 7) is 1.90. The zero-order valence-corrected chi connectivity index (χ0v) is 16.3. The van der Waals surface area contributed by atoms with Gasteiger partial charge in [-0.25, -0.2) is 9.59 Å². The fourth-order valence-electron chi connectivity index (χ4n) is 3.68. The highest BCUT2D eigenvalue weighted by Gasteiger charge is 2.72. The maximum Gasteiger partial charge on any atom is 0.411 e. The van der Waals surface area contributed by atoms with E-state index in [-0.39, 0.29) is 5.56 Å². The van der Waals surface area contributed by atoms with Crippen LogP contribution in [-0.2, 0) is 10.2 Å². The number of halogens is 6. The topological polar surface area (TPSA) is 77.5 Å².